The van der Waals surface area contributed by atoms with Gasteiger partial charge >= 0.3 is 0 Å². The van der Waals surface area contributed by atoms with Crippen LogP contribution in [-0.2, 0) is 11.2 Å². The van der Waals surface area contributed by atoms with Crippen LogP contribution in [0.4, 0.5) is 0 Å². The zero-order chi connectivity index (χ0) is 12.1. The monoisotopic (exact) mass is 277 g/mol. The summed E-state index contributed by atoms with van der Waals surface area (Å²) in [6.07, 6.45) is 0.237. The van der Waals surface area contributed by atoms with E-state index in [-0.39, 0.29) is 18.9 Å². The van der Waals surface area contributed by atoms with Crippen molar-refractivity contribution in [2.75, 3.05) is 6.54 Å². The molecule has 0 spiro atoms. The minimum atomic E-state index is -0.139. The molecule has 0 aliphatic rings. The second kappa shape index (κ2) is 6.14. The topological polar surface area (TPSA) is 29.1 Å². The molecule has 1 N–H and O–H groups in total. The molecule has 0 aromatic heterocycles. The lowest BCUT2D eigenvalue weighted by Crippen LogP contribution is -2.26. The first-order valence-electron chi connectivity index (χ1n) is 4.53. The molecule has 0 saturated heterocycles. The van der Waals surface area contributed by atoms with Crippen molar-refractivity contribution in [1.29, 1.82) is 0 Å². The van der Waals surface area contributed by atoms with Crippen LogP contribution in [0.1, 0.15) is 5.56 Å². The number of hydrogen-bond donors (Lipinski definition) is 1. The molecule has 0 bridgehead atoms. The molecule has 0 unspecified atom stereocenters. The van der Waals surface area contributed by atoms with Crippen molar-refractivity contribution < 1.29 is 4.79 Å². The summed E-state index contributed by atoms with van der Waals surface area (Å²) in [6.45, 7) is 3.74. The number of carbonyl (C=O) groups is 1. The summed E-state index contributed by atoms with van der Waals surface area (Å²) in [7, 11) is 0. The highest BCUT2D eigenvalue weighted by atomic mass is 35.5. The smallest absolute Gasteiger partial charge is 0.224 e. The van der Waals surface area contributed by atoms with E-state index < -0.39 is 0 Å². The summed E-state index contributed by atoms with van der Waals surface area (Å²) in [5.74, 6) is -0.139. The van der Waals surface area contributed by atoms with Crippen LogP contribution in [0.3, 0.4) is 0 Å². The standard InChI is InChI=1S/C11H10Cl3NO/c1-7(12)6-15-11(16)5-8-2-3-9(13)10(14)4-8/h2-4H,1,5-6H2,(H,15,16). The molecular formula is C11H10Cl3NO. The van der Waals surface area contributed by atoms with Crippen molar-refractivity contribution in [2.24, 2.45) is 0 Å². The van der Waals surface area contributed by atoms with Gasteiger partial charge in [0.2, 0.25) is 5.91 Å². The largest absolute Gasteiger partial charge is 0.351 e. The van der Waals surface area contributed by atoms with E-state index in [0.29, 0.717) is 15.1 Å². The molecule has 1 rings (SSSR count). The van der Waals surface area contributed by atoms with E-state index in [0.717, 1.165) is 5.56 Å². The van der Waals surface area contributed by atoms with Crippen LogP contribution in [0.2, 0.25) is 10.0 Å². The van der Waals surface area contributed by atoms with Crippen molar-refractivity contribution in [2.45, 2.75) is 6.42 Å². The molecule has 1 aromatic carbocycles. The third-order valence-corrected chi connectivity index (χ3v) is 2.70. The van der Waals surface area contributed by atoms with Gasteiger partial charge in [-0.1, -0.05) is 47.4 Å². The lowest BCUT2D eigenvalue weighted by molar-refractivity contribution is -0.120. The van der Waals surface area contributed by atoms with Gasteiger partial charge in [0.1, 0.15) is 0 Å². The first-order chi connectivity index (χ1) is 7.49. The lowest BCUT2D eigenvalue weighted by Gasteiger charge is -2.05. The fourth-order valence-corrected chi connectivity index (χ4v) is 1.48. The fraction of sp³-hybridized carbons (Fsp3) is 0.182. The first kappa shape index (κ1) is 13.4. The predicted molar refractivity (Wildman–Crippen MR) is 68.2 cm³/mol. The predicted octanol–water partition coefficient (Wildman–Crippen LogP) is 3.40. The van der Waals surface area contributed by atoms with Gasteiger partial charge in [0.15, 0.2) is 0 Å². The van der Waals surface area contributed by atoms with Gasteiger partial charge < -0.3 is 5.32 Å². The van der Waals surface area contributed by atoms with Crippen LogP contribution < -0.4 is 5.32 Å². The van der Waals surface area contributed by atoms with E-state index in [4.69, 9.17) is 34.8 Å². The Hall–Kier alpha value is -0.700. The summed E-state index contributed by atoms with van der Waals surface area (Å²) in [5, 5.41) is 3.92. The number of carbonyl (C=O) groups excluding carboxylic acids is 1. The van der Waals surface area contributed by atoms with Crippen LogP contribution in [0.5, 0.6) is 0 Å². The number of halogens is 3. The van der Waals surface area contributed by atoms with E-state index in [9.17, 15) is 4.79 Å². The molecule has 0 radical (unpaired) electrons. The third kappa shape index (κ3) is 4.44. The van der Waals surface area contributed by atoms with Gasteiger partial charge in [-0.25, -0.2) is 0 Å². The average molecular weight is 279 g/mol. The van der Waals surface area contributed by atoms with Crippen molar-refractivity contribution in [3.8, 4) is 0 Å². The number of benzene rings is 1. The normalized spacial score (nSPS) is 9.94. The Morgan fingerprint density at radius 1 is 1.31 bits per heavy atom. The van der Waals surface area contributed by atoms with Crippen LogP contribution in [0.25, 0.3) is 0 Å². The van der Waals surface area contributed by atoms with Crippen LogP contribution in [0, 0.1) is 0 Å². The molecule has 86 valence electrons. The maximum Gasteiger partial charge on any atom is 0.224 e. The molecule has 0 saturated carbocycles. The summed E-state index contributed by atoms with van der Waals surface area (Å²) in [6, 6.07) is 5.08. The first-order valence-corrected chi connectivity index (χ1v) is 5.66. The fourth-order valence-electron chi connectivity index (χ4n) is 1.09. The van der Waals surface area contributed by atoms with Gasteiger partial charge in [0.05, 0.1) is 23.0 Å². The van der Waals surface area contributed by atoms with Crippen LogP contribution >= 0.6 is 34.8 Å². The van der Waals surface area contributed by atoms with Crippen LogP contribution in [-0.4, -0.2) is 12.5 Å². The number of amides is 1. The van der Waals surface area contributed by atoms with Gasteiger partial charge in [-0.15, -0.1) is 0 Å². The van der Waals surface area contributed by atoms with Gasteiger partial charge in [0.25, 0.3) is 0 Å². The van der Waals surface area contributed by atoms with Crippen molar-refractivity contribution in [1.82, 2.24) is 5.32 Å². The van der Waals surface area contributed by atoms with E-state index >= 15 is 0 Å². The molecule has 5 heteroatoms. The summed E-state index contributed by atoms with van der Waals surface area (Å²) in [5.41, 5.74) is 0.798. The molecule has 0 heterocycles. The van der Waals surface area contributed by atoms with Gasteiger partial charge in [-0.2, -0.15) is 0 Å². The van der Waals surface area contributed by atoms with Crippen molar-refractivity contribution in [3.05, 3.63) is 45.4 Å². The molecule has 1 amide bonds. The van der Waals surface area contributed by atoms with Gasteiger partial charge in [-0.05, 0) is 17.7 Å². The van der Waals surface area contributed by atoms with E-state index in [2.05, 4.69) is 11.9 Å². The van der Waals surface area contributed by atoms with Gasteiger partial charge in [0, 0.05) is 5.03 Å². The highest BCUT2D eigenvalue weighted by Crippen LogP contribution is 2.22. The Morgan fingerprint density at radius 2 is 2.00 bits per heavy atom. The summed E-state index contributed by atoms with van der Waals surface area (Å²) < 4.78 is 0. The van der Waals surface area contributed by atoms with Gasteiger partial charge in [-0.3, -0.25) is 4.79 Å². The molecule has 0 atom stereocenters. The van der Waals surface area contributed by atoms with Crippen LogP contribution in [0.15, 0.2) is 29.8 Å². The molecular weight excluding hydrogens is 268 g/mol. The number of nitrogens with one attached hydrogen (secondary N) is 1. The summed E-state index contributed by atoms with van der Waals surface area (Å²) in [4.78, 5) is 11.4. The van der Waals surface area contributed by atoms with Crippen molar-refractivity contribution >= 4 is 40.7 Å². The average Bonchev–Trinajstić information content (AvgIpc) is 2.21. The quantitative estimate of drug-likeness (QED) is 0.898. The third-order valence-electron chi connectivity index (χ3n) is 1.83. The SMILES string of the molecule is C=C(Cl)CNC(=O)Cc1ccc(Cl)c(Cl)c1. The molecule has 1 aromatic rings. The highest BCUT2D eigenvalue weighted by molar-refractivity contribution is 6.42. The molecule has 0 fully saturated rings. The van der Waals surface area contributed by atoms with Crippen molar-refractivity contribution in [3.63, 3.8) is 0 Å². The second-order valence-electron chi connectivity index (χ2n) is 3.22. The summed E-state index contributed by atoms with van der Waals surface area (Å²) >= 11 is 17.1. The molecule has 0 aliphatic carbocycles. The Balaban J connectivity index is 2.56. The Bertz CT molecular complexity index is 418. The highest BCUT2D eigenvalue weighted by Gasteiger charge is 2.05. The lowest BCUT2D eigenvalue weighted by atomic mass is 10.1. The Labute approximate surface area is 109 Å². The minimum absolute atomic E-state index is 0.139. The Kier molecular flexibility index (Phi) is 5.13. The second-order valence-corrected chi connectivity index (χ2v) is 4.57. The number of hydrogen-bond acceptors (Lipinski definition) is 1. The maximum absolute atomic E-state index is 11.4. The molecule has 2 nitrogen and oxygen atoms in total. The van der Waals surface area contributed by atoms with E-state index in [1.165, 1.54) is 0 Å². The minimum Gasteiger partial charge on any atom is -0.351 e. The zero-order valence-corrected chi connectivity index (χ0v) is 10.7. The molecule has 16 heavy (non-hydrogen) atoms. The van der Waals surface area contributed by atoms with E-state index in [1.54, 1.807) is 18.2 Å². The number of rotatable bonds is 4. The zero-order valence-electron chi connectivity index (χ0n) is 8.40. The van der Waals surface area contributed by atoms with E-state index in [1.807, 2.05) is 0 Å². The molecule has 0 aliphatic heterocycles. The Morgan fingerprint density at radius 3 is 2.56 bits per heavy atom. The maximum atomic E-state index is 11.4.